The highest BCUT2D eigenvalue weighted by molar-refractivity contribution is 7.80. The van der Waals surface area contributed by atoms with E-state index in [9.17, 15) is 19.5 Å². The second-order valence-electron chi connectivity index (χ2n) is 6.47. The van der Waals surface area contributed by atoms with Crippen LogP contribution >= 0.6 is 12.2 Å². The Bertz CT molecular complexity index is 697. The van der Waals surface area contributed by atoms with E-state index in [0.29, 0.717) is 12.8 Å². The highest BCUT2D eigenvalue weighted by Gasteiger charge is 2.51. The van der Waals surface area contributed by atoms with Gasteiger partial charge < -0.3 is 14.6 Å². The summed E-state index contributed by atoms with van der Waals surface area (Å²) in [5.74, 6) is -3.46. The molecule has 3 aliphatic rings. The third-order valence-corrected chi connectivity index (χ3v) is 5.00. The van der Waals surface area contributed by atoms with Crippen LogP contribution in [0.25, 0.3) is 0 Å². The third-order valence-electron chi connectivity index (χ3n) is 4.68. The Kier molecular flexibility index (Phi) is 5.22. The number of nitrogens with zero attached hydrogens (tertiary/aromatic N) is 1. The summed E-state index contributed by atoms with van der Waals surface area (Å²) < 4.78 is 11.6. The molecule has 2 saturated heterocycles. The van der Waals surface area contributed by atoms with Crippen LogP contribution in [0.1, 0.15) is 32.1 Å². The molecule has 0 aromatic rings. The van der Waals surface area contributed by atoms with Crippen LogP contribution < -0.4 is 5.32 Å². The van der Waals surface area contributed by atoms with Gasteiger partial charge in [0.05, 0.1) is 0 Å². The Morgan fingerprint density at radius 1 is 1.35 bits per heavy atom. The lowest BCUT2D eigenvalue weighted by atomic mass is 9.94. The van der Waals surface area contributed by atoms with Crippen molar-refractivity contribution in [3.8, 4) is 0 Å². The first-order valence-corrected chi connectivity index (χ1v) is 8.86. The number of aliphatic carboxylic acids is 1. The van der Waals surface area contributed by atoms with E-state index in [-0.39, 0.29) is 17.2 Å². The molecule has 0 aromatic heterocycles. The van der Waals surface area contributed by atoms with Crippen LogP contribution in [0.15, 0.2) is 24.3 Å². The predicted octanol–water partition coefficient (Wildman–Crippen LogP) is 0.871. The van der Waals surface area contributed by atoms with E-state index in [1.165, 1.54) is 17.1 Å². The highest BCUT2D eigenvalue weighted by Crippen LogP contribution is 2.41. The molecule has 2 heterocycles. The fourth-order valence-electron chi connectivity index (χ4n) is 3.45. The first-order valence-electron chi connectivity index (χ1n) is 8.45. The Labute approximate surface area is 155 Å². The lowest BCUT2D eigenvalue weighted by Gasteiger charge is -2.31. The van der Waals surface area contributed by atoms with E-state index in [1.54, 1.807) is 0 Å². The molecule has 3 fully saturated rings. The van der Waals surface area contributed by atoms with E-state index in [0.717, 1.165) is 19.3 Å². The zero-order chi connectivity index (χ0) is 18.9. The van der Waals surface area contributed by atoms with E-state index in [1.807, 2.05) is 0 Å². The van der Waals surface area contributed by atoms with Gasteiger partial charge in [0.2, 0.25) is 0 Å². The van der Waals surface area contributed by atoms with Gasteiger partial charge in [-0.25, -0.2) is 4.79 Å². The van der Waals surface area contributed by atoms with Gasteiger partial charge in [0, 0.05) is 19.4 Å². The average Bonchev–Trinajstić information content (AvgIpc) is 2.94. The lowest BCUT2D eigenvalue weighted by Crippen LogP contribution is -2.54. The van der Waals surface area contributed by atoms with Gasteiger partial charge in [0.15, 0.2) is 17.0 Å². The largest absolute Gasteiger partial charge is 0.479 e. The summed E-state index contributed by atoms with van der Waals surface area (Å²) in [6.07, 6.45) is 4.35. The van der Waals surface area contributed by atoms with Crippen LogP contribution in [-0.2, 0) is 23.9 Å². The first kappa shape index (κ1) is 18.7. The monoisotopic (exact) mass is 380 g/mol. The maximum absolute atomic E-state index is 12.6. The van der Waals surface area contributed by atoms with Gasteiger partial charge in [-0.2, -0.15) is 0 Å². The number of hydrogen-bond donors (Lipinski definition) is 2. The van der Waals surface area contributed by atoms with Gasteiger partial charge in [-0.15, -0.1) is 6.58 Å². The molecule has 1 spiro atoms. The Balaban J connectivity index is 1.89. The summed E-state index contributed by atoms with van der Waals surface area (Å²) in [6, 6.07) is 0. The predicted molar refractivity (Wildman–Crippen MR) is 93.9 cm³/mol. The van der Waals surface area contributed by atoms with Crippen LogP contribution in [0.5, 0.6) is 0 Å². The Morgan fingerprint density at radius 2 is 2.04 bits per heavy atom. The van der Waals surface area contributed by atoms with Crippen molar-refractivity contribution in [1.29, 1.82) is 0 Å². The minimum Gasteiger partial charge on any atom is -0.479 e. The van der Waals surface area contributed by atoms with Crippen LogP contribution in [0, 0.1) is 0 Å². The third kappa shape index (κ3) is 3.42. The number of thiocarbonyl (C=S) groups is 1. The maximum Gasteiger partial charge on any atom is 0.336 e. The number of nitrogens with one attached hydrogen (secondary N) is 1. The lowest BCUT2D eigenvalue weighted by molar-refractivity contribution is -0.196. The summed E-state index contributed by atoms with van der Waals surface area (Å²) in [7, 11) is 0. The molecule has 8 nitrogen and oxygen atoms in total. The second-order valence-corrected chi connectivity index (χ2v) is 6.86. The van der Waals surface area contributed by atoms with E-state index in [4.69, 9.17) is 21.7 Å². The fourth-order valence-corrected chi connectivity index (χ4v) is 3.70. The van der Waals surface area contributed by atoms with Crippen molar-refractivity contribution in [2.24, 2.45) is 0 Å². The van der Waals surface area contributed by atoms with Crippen LogP contribution in [0.4, 0.5) is 0 Å². The molecule has 2 atom stereocenters. The second kappa shape index (κ2) is 7.26. The summed E-state index contributed by atoms with van der Waals surface area (Å²) in [6.45, 7) is 3.68. The molecular weight excluding hydrogens is 360 g/mol. The zero-order valence-corrected chi connectivity index (χ0v) is 14.9. The van der Waals surface area contributed by atoms with Gasteiger partial charge in [0.25, 0.3) is 11.8 Å². The van der Waals surface area contributed by atoms with Crippen molar-refractivity contribution in [1.82, 2.24) is 10.2 Å². The summed E-state index contributed by atoms with van der Waals surface area (Å²) >= 11 is 4.99. The van der Waals surface area contributed by atoms with Crippen LogP contribution in [0.2, 0.25) is 0 Å². The number of hydrogen-bond acceptors (Lipinski definition) is 6. The topological polar surface area (TPSA) is 105 Å². The summed E-state index contributed by atoms with van der Waals surface area (Å²) in [5.41, 5.74) is -0.215. The molecule has 2 amide bonds. The molecule has 2 aliphatic heterocycles. The smallest absolute Gasteiger partial charge is 0.336 e. The number of carboxylic acid groups (broad SMARTS) is 1. The molecule has 0 unspecified atom stereocenters. The van der Waals surface area contributed by atoms with Gasteiger partial charge >= 0.3 is 5.97 Å². The molecule has 0 bridgehead atoms. The minimum absolute atomic E-state index is 0.0147. The number of carbonyl (C=O) groups excluding carboxylic acids is 2. The van der Waals surface area contributed by atoms with E-state index < -0.39 is 35.8 Å². The number of rotatable bonds is 4. The standard InChI is InChI=1S/C17H20N2O6S/c1-2-8-19-14(21)10(13(20)18-16(19)26)9-11-12(15(22)23)25-17(24-11)6-4-3-5-7-17/h2,9,11-12H,1,3-8H2,(H,22,23)(H,18,20,26)/b10-9-/t11-,12-/m1/s1. The van der Waals surface area contributed by atoms with E-state index in [2.05, 4.69) is 11.9 Å². The van der Waals surface area contributed by atoms with Crippen LogP contribution in [0.3, 0.4) is 0 Å². The maximum atomic E-state index is 12.6. The molecule has 0 radical (unpaired) electrons. The van der Waals surface area contributed by atoms with Gasteiger partial charge in [0.1, 0.15) is 11.7 Å². The molecule has 3 rings (SSSR count). The van der Waals surface area contributed by atoms with Crippen molar-refractivity contribution in [2.45, 2.75) is 50.1 Å². The van der Waals surface area contributed by atoms with Crippen molar-refractivity contribution < 1.29 is 29.0 Å². The quantitative estimate of drug-likeness (QED) is 0.323. The molecular formula is C17H20N2O6S. The van der Waals surface area contributed by atoms with Crippen molar-refractivity contribution in [3.63, 3.8) is 0 Å². The van der Waals surface area contributed by atoms with Gasteiger partial charge in [-0.05, 0) is 31.1 Å². The van der Waals surface area contributed by atoms with Crippen LogP contribution in [-0.4, -0.2) is 57.4 Å². The number of ether oxygens (including phenoxy) is 2. The summed E-state index contributed by atoms with van der Waals surface area (Å²) in [4.78, 5) is 37.6. The molecule has 1 aliphatic carbocycles. The highest BCUT2D eigenvalue weighted by atomic mass is 32.1. The Hall–Kier alpha value is -2.10. The molecule has 1 saturated carbocycles. The van der Waals surface area contributed by atoms with Crippen molar-refractivity contribution in [2.75, 3.05) is 6.54 Å². The minimum atomic E-state index is -1.28. The fraction of sp³-hybridized carbons (Fsp3) is 0.529. The number of carbonyl (C=O) groups is 3. The van der Waals surface area contributed by atoms with Gasteiger partial charge in [-0.3, -0.25) is 19.8 Å². The molecule has 2 N–H and O–H groups in total. The van der Waals surface area contributed by atoms with Crippen molar-refractivity contribution in [3.05, 3.63) is 24.3 Å². The molecule has 140 valence electrons. The number of amides is 2. The Morgan fingerprint density at radius 3 is 2.65 bits per heavy atom. The summed E-state index contributed by atoms with van der Waals surface area (Å²) in [5, 5.41) is 11.9. The molecule has 26 heavy (non-hydrogen) atoms. The normalized spacial score (nSPS) is 29.9. The number of carboxylic acids is 1. The average molecular weight is 380 g/mol. The molecule has 0 aromatic carbocycles. The zero-order valence-electron chi connectivity index (χ0n) is 14.1. The first-order chi connectivity index (χ1) is 12.4. The SMILES string of the molecule is C=CCN1C(=O)/C(=C\[C@H]2OC3(CCCCC3)O[C@H]2C(=O)O)C(=O)NC1=S. The van der Waals surface area contributed by atoms with Gasteiger partial charge in [-0.1, -0.05) is 12.5 Å². The molecule has 9 heteroatoms. The van der Waals surface area contributed by atoms with Crippen molar-refractivity contribution >= 4 is 35.1 Å². The van der Waals surface area contributed by atoms with E-state index >= 15 is 0 Å².